The van der Waals surface area contributed by atoms with Crippen molar-refractivity contribution in [1.29, 1.82) is 0 Å². The third-order valence-corrected chi connectivity index (χ3v) is 4.45. The van der Waals surface area contributed by atoms with Crippen molar-refractivity contribution in [2.45, 2.75) is 58.4 Å². The average Bonchev–Trinajstić information content (AvgIpc) is 2.41. The van der Waals surface area contributed by atoms with Crippen molar-refractivity contribution in [3.63, 3.8) is 0 Å². The van der Waals surface area contributed by atoms with Crippen LogP contribution in [0.3, 0.4) is 0 Å². The minimum atomic E-state index is 0.518. The molecule has 2 rings (SSSR count). The zero-order chi connectivity index (χ0) is 12.8. The summed E-state index contributed by atoms with van der Waals surface area (Å²) in [5.74, 6) is 0. The van der Waals surface area contributed by atoms with E-state index in [1.54, 1.807) is 0 Å². The maximum absolute atomic E-state index is 3.80. The first-order valence-electron chi connectivity index (χ1n) is 7.52. The molecule has 1 fully saturated rings. The Labute approximate surface area is 112 Å². The highest BCUT2D eigenvalue weighted by Crippen LogP contribution is 2.35. The molecule has 1 unspecified atom stereocenters. The largest absolute Gasteiger partial charge is 0.309 e. The molecule has 1 aliphatic carbocycles. The molecule has 1 aromatic carbocycles. The highest BCUT2D eigenvalue weighted by atomic mass is 14.9. The molecule has 0 bridgehead atoms. The Bertz CT molecular complexity index is 338. The average molecular weight is 245 g/mol. The van der Waals surface area contributed by atoms with Gasteiger partial charge in [0.1, 0.15) is 0 Å². The second-order valence-corrected chi connectivity index (χ2v) is 6.12. The van der Waals surface area contributed by atoms with E-state index >= 15 is 0 Å². The van der Waals surface area contributed by atoms with Gasteiger partial charge in [-0.3, -0.25) is 0 Å². The molecule has 1 atom stereocenters. The second kappa shape index (κ2) is 6.38. The van der Waals surface area contributed by atoms with Gasteiger partial charge in [-0.05, 0) is 30.2 Å². The topological polar surface area (TPSA) is 12.0 Å². The number of benzene rings is 1. The van der Waals surface area contributed by atoms with Crippen molar-refractivity contribution in [2.75, 3.05) is 6.54 Å². The summed E-state index contributed by atoms with van der Waals surface area (Å²) in [6, 6.07) is 11.4. The van der Waals surface area contributed by atoms with E-state index in [0.29, 0.717) is 11.5 Å². The fourth-order valence-electron chi connectivity index (χ4n) is 3.13. The quantitative estimate of drug-likeness (QED) is 0.793. The van der Waals surface area contributed by atoms with Crippen LogP contribution in [0.1, 0.15) is 64.0 Å². The van der Waals surface area contributed by atoms with E-state index in [1.165, 1.54) is 50.6 Å². The van der Waals surface area contributed by atoms with E-state index in [1.807, 2.05) is 0 Å². The van der Waals surface area contributed by atoms with Crippen molar-refractivity contribution in [3.8, 4) is 0 Å². The molecule has 0 amide bonds. The molecule has 0 heterocycles. The predicted octanol–water partition coefficient (Wildman–Crippen LogP) is 4.70. The van der Waals surface area contributed by atoms with Gasteiger partial charge >= 0.3 is 0 Å². The van der Waals surface area contributed by atoms with Crippen LogP contribution in [0.25, 0.3) is 0 Å². The zero-order valence-corrected chi connectivity index (χ0v) is 11.9. The van der Waals surface area contributed by atoms with Crippen LogP contribution in [0.15, 0.2) is 30.3 Å². The molecular formula is C17H27N. The Kier molecular flexibility index (Phi) is 4.82. The van der Waals surface area contributed by atoms with Gasteiger partial charge < -0.3 is 5.32 Å². The molecule has 1 aliphatic rings. The number of nitrogens with one attached hydrogen (secondary N) is 1. The van der Waals surface area contributed by atoms with Crippen LogP contribution < -0.4 is 5.32 Å². The van der Waals surface area contributed by atoms with Gasteiger partial charge in [0.05, 0.1) is 0 Å². The third-order valence-electron chi connectivity index (χ3n) is 4.45. The Morgan fingerprint density at radius 2 is 1.78 bits per heavy atom. The highest BCUT2D eigenvalue weighted by molar-refractivity contribution is 5.18. The van der Waals surface area contributed by atoms with Gasteiger partial charge in [0.15, 0.2) is 0 Å². The SMILES string of the molecule is CCC(NCC1(C)CCCCC1)c1ccccc1. The van der Waals surface area contributed by atoms with Gasteiger partial charge in [-0.25, -0.2) is 0 Å². The lowest BCUT2D eigenvalue weighted by atomic mass is 9.75. The number of rotatable bonds is 5. The van der Waals surface area contributed by atoms with Crippen LogP contribution in [0.4, 0.5) is 0 Å². The molecule has 0 radical (unpaired) electrons. The van der Waals surface area contributed by atoms with Crippen LogP contribution in [-0.2, 0) is 0 Å². The summed E-state index contributed by atoms with van der Waals surface area (Å²) in [5, 5.41) is 3.80. The van der Waals surface area contributed by atoms with E-state index < -0.39 is 0 Å². The van der Waals surface area contributed by atoms with E-state index in [9.17, 15) is 0 Å². The molecule has 0 aromatic heterocycles. The van der Waals surface area contributed by atoms with E-state index in [-0.39, 0.29) is 0 Å². The molecule has 0 saturated heterocycles. The predicted molar refractivity (Wildman–Crippen MR) is 78.7 cm³/mol. The molecule has 0 aliphatic heterocycles. The Balaban J connectivity index is 1.91. The van der Waals surface area contributed by atoms with Crippen LogP contribution in [0.5, 0.6) is 0 Å². The number of hydrogen-bond donors (Lipinski definition) is 1. The number of hydrogen-bond acceptors (Lipinski definition) is 1. The molecule has 1 nitrogen and oxygen atoms in total. The summed E-state index contributed by atoms with van der Waals surface area (Å²) in [7, 11) is 0. The first-order chi connectivity index (χ1) is 8.73. The fourth-order valence-corrected chi connectivity index (χ4v) is 3.13. The molecule has 1 aromatic rings. The monoisotopic (exact) mass is 245 g/mol. The molecule has 0 spiro atoms. The van der Waals surface area contributed by atoms with Crippen molar-refractivity contribution in [3.05, 3.63) is 35.9 Å². The van der Waals surface area contributed by atoms with Crippen LogP contribution in [0, 0.1) is 5.41 Å². The van der Waals surface area contributed by atoms with Crippen LogP contribution >= 0.6 is 0 Å². The van der Waals surface area contributed by atoms with Crippen LogP contribution in [0.2, 0.25) is 0 Å². The first-order valence-corrected chi connectivity index (χ1v) is 7.52. The molecule has 1 N–H and O–H groups in total. The fraction of sp³-hybridized carbons (Fsp3) is 0.647. The molecule has 1 saturated carbocycles. The smallest absolute Gasteiger partial charge is 0.0317 e. The zero-order valence-electron chi connectivity index (χ0n) is 11.9. The van der Waals surface area contributed by atoms with Crippen LogP contribution in [-0.4, -0.2) is 6.54 Å². The third kappa shape index (κ3) is 3.58. The molecule has 100 valence electrons. The Hall–Kier alpha value is -0.820. The molecule has 1 heteroatoms. The normalized spacial score (nSPS) is 20.6. The lowest BCUT2D eigenvalue weighted by Gasteiger charge is -2.35. The Morgan fingerprint density at radius 1 is 1.11 bits per heavy atom. The van der Waals surface area contributed by atoms with Gasteiger partial charge in [0.25, 0.3) is 0 Å². The Morgan fingerprint density at radius 3 is 2.39 bits per heavy atom. The summed E-state index contributed by atoms with van der Waals surface area (Å²) < 4.78 is 0. The van der Waals surface area contributed by atoms with E-state index in [2.05, 4.69) is 49.5 Å². The van der Waals surface area contributed by atoms with Gasteiger partial charge in [-0.2, -0.15) is 0 Å². The van der Waals surface area contributed by atoms with Crippen molar-refractivity contribution < 1.29 is 0 Å². The maximum atomic E-state index is 3.80. The lowest BCUT2D eigenvalue weighted by molar-refractivity contribution is 0.199. The summed E-state index contributed by atoms with van der Waals surface area (Å²) in [6.07, 6.45) is 8.22. The van der Waals surface area contributed by atoms with Gasteiger partial charge in [-0.1, -0.05) is 63.4 Å². The second-order valence-electron chi connectivity index (χ2n) is 6.12. The maximum Gasteiger partial charge on any atom is 0.0317 e. The minimum absolute atomic E-state index is 0.518. The van der Waals surface area contributed by atoms with Gasteiger partial charge in [-0.15, -0.1) is 0 Å². The standard InChI is InChI=1S/C17H27N/c1-3-16(15-10-6-4-7-11-15)18-14-17(2)12-8-5-9-13-17/h4,6-7,10-11,16,18H,3,5,8-9,12-14H2,1-2H3. The van der Waals surface area contributed by atoms with E-state index in [4.69, 9.17) is 0 Å². The summed E-state index contributed by atoms with van der Waals surface area (Å²) >= 11 is 0. The lowest BCUT2D eigenvalue weighted by Crippen LogP contribution is -2.35. The molecule has 18 heavy (non-hydrogen) atoms. The van der Waals surface area contributed by atoms with Crippen molar-refractivity contribution in [2.24, 2.45) is 5.41 Å². The minimum Gasteiger partial charge on any atom is -0.309 e. The van der Waals surface area contributed by atoms with Crippen molar-refractivity contribution >= 4 is 0 Å². The molecular weight excluding hydrogens is 218 g/mol. The first kappa shape index (κ1) is 13.6. The van der Waals surface area contributed by atoms with Gasteiger partial charge in [0, 0.05) is 12.6 Å². The summed E-state index contributed by atoms with van der Waals surface area (Å²) in [5.41, 5.74) is 1.96. The van der Waals surface area contributed by atoms with Crippen molar-refractivity contribution in [1.82, 2.24) is 5.32 Å². The van der Waals surface area contributed by atoms with E-state index in [0.717, 1.165) is 0 Å². The van der Waals surface area contributed by atoms with Gasteiger partial charge in [0.2, 0.25) is 0 Å². The summed E-state index contributed by atoms with van der Waals surface area (Å²) in [4.78, 5) is 0. The highest BCUT2D eigenvalue weighted by Gasteiger charge is 2.27. The summed E-state index contributed by atoms with van der Waals surface area (Å²) in [6.45, 7) is 5.89.